The van der Waals surface area contributed by atoms with Gasteiger partial charge in [-0.3, -0.25) is 9.59 Å². The third kappa shape index (κ3) is 9.82. The second-order valence-electron chi connectivity index (χ2n) is 13.6. The van der Waals surface area contributed by atoms with Crippen LogP contribution in [-0.2, 0) is 0 Å². The van der Waals surface area contributed by atoms with Crippen molar-refractivity contribution in [1.29, 1.82) is 0 Å². The van der Waals surface area contributed by atoms with Gasteiger partial charge in [0.15, 0.2) is 5.82 Å². The lowest BCUT2D eigenvalue weighted by Gasteiger charge is -2.16. The number of hydrazone groups is 1. The number of carbonyl (C=O) groups excluding carboxylic acids is 2. The van der Waals surface area contributed by atoms with Gasteiger partial charge in [-0.1, -0.05) is 193 Å². The maximum absolute atomic E-state index is 11.8. The highest BCUT2D eigenvalue weighted by Crippen LogP contribution is 2.34. The molecule has 0 bridgehead atoms. The molecule has 10 rings (SSSR count). The topological polar surface area (TPSA) is 163 Å². The van der Waals surface area contributed by atoms with Crippen LogP contribution >= 0.6 is 60.0 Å². The number of thiocarbonyl (C=S) groups is 1. The van der Waals surface area contributed by atoms with Crippen LogP contribution in [0.2, 0.25) is 0 Å². The fourth-order valence-corrected chi connectivity index (χ4v) is 8.06. The summed E-state index contributed by atoms with van der Waals surface area (Å²) >= 11 is 14.9. The Morgan fingerprint density at radius 2 is 0.919 bits per heavy atom. The highest BCUT2D eigenvalue weighted by molar-refractivity contribution is 9.11. The summed E-state index contributed by atoms with van der Waals surface area (Å²) in [5, 5.41) is 16.8. The molecule has 9 nitrogen and oxygen atoms in total. The fourth-order valence-electron chi connectivity index (χ4n) is 6.73. The lowest BCUT2D eigenvalue weighted by atomic mass is 9.84. The Bertz CT molecular complexity index is 3110. The van der Waals surface area contributed by atoms with E-state index >= 15 is 0 Å². The number of aromatic nitrogens is 3. The van der Waals surface area contributed by atoms with Crippen molar-refractivity contribution < 1.29 is 9.59 Å². The summed E-state index contributed by atoms with van der Waals surface area (Å²) in [5.41, 5.74) is 18.0. The van der Waals surface area contributed by atoms with Crippen molar-refractivity contribution in [2.75, 3.05) is 0 Å². The Labute approximate surface area is 387 Å². The minimum Gasteiger partial charge on any atom is -0.389 e. The molecule has 304 valence electrons. The first-order valence-corrected chi connectivity index (χ1v) is 21.6. The van der Waals surface area contributed by atoms with E-state index < -0.39 is 11.6 Å². The fraction of sp³-hybridized carbons (Fsp3) is 0. The zero-order valence-electron chi connectivity index (χ0n) is 32.5. The number of halogens is 3. The van der Waals surface area contributed by atoms with E-state index in [4.69, 9.17) is 34.5 Å². The number of amidine groups is 1. The Kier molecular flexibility index (Phi) is 14.0. The first kappa shape index (κ1) is 43.6. The van der Waals surface area contributed by atoms with Crippen molar-refractivity contribution in [3.63, 3.8) is 0 Å². The molecule has 0 saturated carbocycles. The third-order valence-corrected chi connectivity index (χ3v) is 11.3. The first-order valence-electron chi connectivity index (χ1n) is 18.9. The van der Waals surface area contributed by atoms with Gasteiger partial charge in [-0.15, -0.1) is 10.2 Å². The van der Waals surface area contributed by atoms with Gasteiger partial charge in [0, 0.05) is 52.0 Å². The molecular weight excluding hydrogens is 990 g/mol. The van der Waals surface area contributed by atoms with Crippen molar-refractivity contribution in [3.05, 3.63) is 206 Å². The Hall–Kier alpha value is -6.51. The predicted octanol–water partition coefficient (Wildman–Crippen LogP) is 11.6. The maximum atomic E-state index is 11.8. The van der Waals surface area contributed by atoms with Crippen LogP contribution in [0.15, 0.2) is 188 Å². The second kappa shape index (κ2) is 19.9. The predicted molar refractivity (Wildman–Crippen MR) is 265 cm³/mol. The van der Waals surface area contributed by atoms with E-state index in [1.54, 1.807) is 24.3 Å². The SMILES string of the molecule is Brc1cccc(-c2nnc3c4ccccc4c4ccccc4c3n2)c1.N/N=C(\N)c1cccc(Br)c1.NC(=S)c1cccc(Br)c1.O=C1C(=O)c2ccccc2-c2ccccc21. The molecule has 1 heterocycles. The van der Waals surface area contributed by atoms with E-state index in [1.807, 2.05) is 109 Å². The Balaban J connectivity index is 0.000000135. The number of hydrogen-bond acceptors (Lipinski definition) is 8. The molecule has 0 spiro atoms. The average molecular weight is 1020 g/mol. The summed E-state index contributed by atoms with van der Waals surface area (Å²) in [6.07, 6.45) is 0. The molecule has 1 aliphatic carbocycles. The monoisotopic (exact) mass is 1020 g/mol. The smallest absolute Gasteiger partial charge is 0.234 e. The molecule has 0 amide bonds. The van der Waals surface area contributed by atoms with Crippen molar-refractivity contribution in [2.45, 2.75) is 0 Å². The number of benzene rings is 8. The van der Waals surface area contributed by atoms with Gasteiger partial charge in [-0.05, 0) is 58.3 Å². The molecule has 0 saturated heterocycles. The molecule has 0 atom stereocenters. The van der Waals surface area contributed by atoms with E-state index in [1.165, 1.54) is 10.8 Å². The number of carbonyl (C=O) groups is 2. The molecule has 62 heavy (non-hydrogen) atoms. The van der Waals surface area contributed by atoms with E-state index in [-0.39, 0.29) is 0 Å². The summed E-state index contributed by atoms with van der Waals surface area (Å²) in [7, 11) is 0. The summed E-state index contributed by atoms with van der Waals surface area (Å²) in [6, 6.07) is 54.1. The highest BCUT2D eigenvalue weighted by Gasteiger charge is 2.29. The van der Waals surface area contributed by atoms with E-state index in [0.29, 0.717) is 27.8 Å². The molecule has 0 radical (unpaired) electrons. The van der Waals surface area contributed by atoms with Crippen LogP contribution in [0, 0.1) is 0 Å². The summed E-state index contributed by atoms with van der Waals surface area (Å²) in [4.78, 5) is 29.0. The van der Waals surface area contributed by atoms with Crippen molar-refractivity contribution >= 4 is 115 Å². The van der Waals surface area contributed by atoms with E-state index in [2.05, 4.69) is 99.5 Å². The van der Waals surface area contributed by atoms with Gasteiger partial charge in [0.25, 0.3) is 0 Å². The zero-order valence-corrected chi connectivity index (χ0v) is 38.1. The Morgan fingerprint density at radius 3 is 1.40 bits per heavy atom. The van der Waals surface area contributed by atoms with Crippen LogP contribution in [0.1, 0.15) is 31.8 Å². The van der Waals surface area contributed by atoms with Gasteiger partial charge in [-0.2, -0.15) is 5.10 Å². The van der Waals surface area contributed by atoms with Gasteiger partial charge < -0.3 is 17.3 Å². The number of nitrogens with zero attached hydrogens (tertiary/aromatic N) is 4. The van der Waals surface area contributed by atoms with Crippen LogP contribution in [0.4, 0.5) is 0 Å². The van der Waals surface area contributed by atoms with Gasteiger partial charge in [-0.25, -0.2) is 4.98 Å². The van der Waals surface area contributed by atoms with Crippen molar-refractivity contribution in [2.24, 2.45) is 22.4 Å². The molecule has 0 unspecified atom stereocenters. The lowest BCUT2D eigenvalue weighted by Crippen LogP contribution is -2.20. The largest absolute Gasteiger partial charge is 0.389 e. The standard InChI is InChI=1S/C21H12BrN3.C14H8O2.C7H8BrN3.C7H6BrNS/c22-14-7-5-6-13(12-14)21-23-19-17-10-3-1-8-15(17)16-9-2-4-11-18(16)20(19)24-25-21;15-13-11-7-3-1-5-9(11)10-6-2-4-8-12(10)14(13)16;8-6-3-1-2-5(4-6)7(9)11-10;8-6-3-1-2-5(4-6)7(9)10/h1-12H;1-8H;1-4H,10H2,(H2,9,11);1-4H,(H2,9,10). The quantitative estimate of drug-likeness (QED) is 0.0297. The summed E-state index contributed by atoms with van der Waals surface area (Å²) in [6.45, 7) is 0. The van der Waals surface area contributed by atoms with Crippen LogP contribution in [0.3, 0.4) is 0 Å². The molecule has 13 heteroatoms. The molecule has 1 aromatic heterocycles. The van der Waals surface area contributed by atoms with E-state index in [9.17, 15) is 9.59 Å². The number of ketones is 2. The zero-order chi connectivity index (χ0) is 43.8. The molecule has 6 N–H and O–H groups in total. The van der Waals surface area contributed by atoms with Gasteiger partial charge in [0.05, 0.1) is 0 Å². The number of rotatable bonds is 3. The number of hydrogen-bond donors (Lipinski definition) is 3. The summed E-state index contributed by atoms with van der Waals surface area (Å²) in [5.74, 6) is 5.16. The van der Waals surface area contributed by atoms with Gasteiger partial charge in [0.2, 0.25) is 11.6 Å². The minimum absolute atomic E-state index is 0.339. The van der Waals surface area contributed by atoms with Crippen molar-refractivity contribution in [1.82, 2.24) is 15.2 Å². The Morgan fingerprint density at radius 1 is 0.484 bits per heavy atom. The first-order chi connectivity index (χ1) is 30.0. The number of Topliss-reactive ketones (excluding diaryl/α,β-unsaturated/α-hetero) is 2. The normalized spacial score (nSPS) is 11.6. The van der Waals surface area contributed by atoms with E-state index in [0.717, 1.165) is 63.0 Å². The van der Waals surface area contributed by atoms with Crippen LogP contribution < -0.4 is 17.3 Å². The minimum atomic E-state index is -0.408. The highest BCUT2D eigenvalue weighted by atomic mass is 79.9. The van der Waals surface area contributed by atoms with Crippen LogP contribution in [-0.4, -0.2) is 37.6 Å². The second-order valence-corrected chi connectivity index (χ2v) is 16.8. The molecular formula is C49H34Br3N7O2S. The third-order valence-electron chi connectivity index (χ3n) is 9.63. The molecule has 1 aliphatic rings. The van der Waals surface area contributed by atoms with Crippen LogP contribution in [0.5, 0.6) is 0 Å². The molecule has 0 fully saturated rings. The number of nitrogens with two attached hydrogens (primary N) is 3. The molecule has 0 aliphatic heterocycles. The summed E-state index contributed by atoms with van der Waals surface area (Å²) < 4.78 is 2.96. The van der Waals surface area contributed by atoms with Gasteiger partial charge >= 0.3 is 0 Å². The molecule has 9 aromatic rings. The van der Waals surface area contributed by atoms with Crippen molar-refractivity contribution in [3.8, 4) is 22.5 Å². The molecule has 8 aromatic carbocycles. The maximum Gasteiger partial charge on any atom is 0.234 e. The lowest BCUT2D eigenvalue weighted by molar-refractivity contribution is 0.0815. The average Bonchev–Trinajstić information content (AvgIpc) is 3.31. The number of fused-ring (bicyclic) bond motifs is 9. The van der Waals surface area contributed by atoms with Gasteiger partial charge in [0.1, 0.15) is 21.9 Å². The van der Waals surface area contributed by atoms with Crippen LogP contribution in [0.25, 0.3) is 55.1 Å².